The zero-order valence-corrected chi connectivity index (χ0v) is 11.3. The molecule has 0 aromatic heterocycles. The number of ether oxygens (including phenoxy) is 1. The molecular formula is C12H13BrO2S. The first-order chi connectivity index (χ1) is 7.66. The number of carbonyl (C=O) groups is 1. The fourth-order valence-corrected chi connectivity index (χ4v) is 2.32. The molecule has 1 aromatic rings. The molecule has 4 heteroatoms. The largest absolute Gasteiger partial charge is 0.462 e. The Bertz CT molecular complexity index is 402. The van der Waals surface area contributed by atoms with E-state index in [0.29, 0.717) is 17.1 Å². The van der Waals surface area contributed by atoms with Crippen LogP contribution in [0.15, 0.2) is 27.6 Å². The number of rotatable bonds is 4. The van der Waals surface area contributed by atoms with E-state index in [0.717, 1.165) is 16.8 Å². The van der Waals surface area contributed by atoms with Gasteiger partial charge in [-0.25, -0.2) is 4.79 Å². The fourth-order valence-electron chi connectivity index (χ4n) is 1.48. The van der Waals surface area contributed by atoms with E-state index in [1.54, 1.807) is 12.1 Å². The Morgan fingerprint density at radius 3 is 2.88 bits per heavy atom. The maximum Gasteiger partial charge on any atom is 0.339 e. The van der Waals surface area contributed by atoms with Gasteiger partial charge in [0.05, 0.1) is 12.2 Å². The summed E-state index contributed by atoms with van der Waals surface area (Å²) in [6.45, 7) is 0.521. The lowest BCUT2D eigenvalue weighted by molar-refractivity contribution is 0.0491. The van der Waals surface area contributed by atoms with Gasteiger partial charge < -0.3 is 4.74 Å². The van der Waals surface area contributed by atoms with Crippen LogP contribution in [-0.4, -0.2) is 12.6 Å². The first-order valence-corrected chi connectivity index (χ1v) is 6.56. The van der Waals surface area contributed by atoms with Crippen molar-refractivity contribution in [1.82, 2.24) is 0 Å². The summed E-state index contributed by atoms with van der Waals surface area (Å²) in [5.41, 5.74) is 0.530. The Labute approximate surface area is 109 Å². The van der Waals surface area contributed by atoms with E-state index < -0.39 is 0 Å². The molecule has 0 atom stereocenters. The summed E-state index contributed by atoms with van der Waals surface area (Å²) in [6, 6.07) is 5.34. The Kier molecular flexibility index (Phi) is 3.92. The predicted molar refractivity (Wildman–Crippen MR) is 69.0 cm³/mol. The molecule has 0 N–H and O–H groups in total. The van der Waals surface area contributed by atoms with Crippen molar-refractivity contribution in [3.8, 4) is 0 Å². The van der Waals surface area contributed by atoms with Crippen molar-refractivity contribution in [2.75, 3.05) is 6.61 Å². The maximum atomic E-state index is 11.7. The van der Waals surface area contributed by atoms with Crippen LogP contribution in [-0.2, 0) is 4.74 Å². The van der Waals surface area contributed by atoms with Gasteiger partial charge in [-0.1, -0.05) is 28.8 Å². The summed E-state index contributed by atoms with van der Waals surface area (Å²) in [5.74, 6) is 0.506. The highest BCUT2D eigenvalue weighted by molar-refractivity contribution is 9.10. The summed E-state index contributed by atoms with van der Waals surface area (Å²) >= 11 is 7.58. The highest BCUT2D eigenvalue weighted by Crippen LogP contribution is 2.32. The number of thiol groups is 1. The van der Waals surface area contributed by atoms with Crippen molar-refractivity contribution in [2.24, 2.45) is 5.92 Å². The lowest BCUT2D eigenvalue weighted by Gasteiger charge is -2.06. The zero-order chi connectivity index (χ0) is 11.5. The highest BCUT2D eigenvalue weighted by atomic mass is 79.9. The minimum atomic E-state index is -0.279. The normalized spacial score (nSPS) is 14.9. The second kappa shape index (κ2) is 5.23. The number of carbonyl (C=O) groups excluding carboxylic acids is 1. The van der Waals surface area contributed by atoms with Gasteiger partial charge in [0.2, 0.25) is 0 Å². The average Bonchev–Trinajstić information content (AvgIpc) is 3.01. The van der Waals surface area contributed by atoms with Gasteiger partial charge in [0, 0.05) is 9.37 Å². The Morgan fingerprint density at radius 1 is 1.50 bits per heavy atom. The first kappa shape index (κ1) is 12.0. The fraction of sp³-hybridized carbons (Fsp3) is 0.417. The van der Waals surface area contributed by atoms with E-state index >= 15 is 0 Å². The van der Waals surface area contributed by atoms with Crippen LogP contribution >= 0.6 is 28.6 Å². The van der Waals surface area contributed by atoms with Crippen molar-refractivity contribution in [3.63, 3.8) is 0 Å². The Hall–Kier alpha value is -0.480. The number of benzene rings is 1. The van der Waals surface area contributed by atoms with E-state index in [1.165, 1.54) is 12.8 Å². The van der Waals surface area contributed by atoms with Crippen LogP contribution < -0.4 is 0 Å². The van der Waals surface area contributed by atoms with Crippen LogP contribution in [0.2, 0.25) is 0 Å². The van der Waals surface area contributed by atoms with Gasteiger partial charge in [-0.05, 0) is 30.5 Å². The monoisotopic (exact) mass is 300 g/mol. The lowest BCUT2D eigenvalue weighted by atomic mass is 10.2. The van der Waals surface area contributed by atoms with Crippen molar-refractivity contribution < 1.29 is 9.53 Å². The molecule has 86 valence electrons. The molecule has 1 aromatic carbocycles. The van der Waals surface area contributed by atoms with Crippen LogP contribution in [0.5, 0.6) is 0 Å². The molecule has 1 fully saturated rings. The van der Waals surface area contributed by atoms with Crippen LogP contribution in [0.3, 0.4) is 0 Å². The highest BCUT2D eigenvalue weighted by Gasteiger charge is 2.21. The van der Waals surface area contributed by atoms with E-state index in [9.17, 15) is 4.79 Å². The van der Waals surface area contributed by atoms with Gasteiger partial charge in [-0.15, -0.1) is 12.6 Å². The third-order valence-corrected chi connectivity index (χ3v) is 3.50. The minimum absolute atomic E-state index is 0.279. The molecule has 2 rings (SSSR count). The van der Waals surface area contributed by atoms with E-state index in [2.05, 4.69) is 28.6 Å². The van der Waals surface area contributed by atoms with Crippen LogP contribution in [0.25, 0.3) is 0 Å². The summed E-state index contributed by atoms with van der Waals surface area (Å²) in [6.07, 6.45) is 3.56. The minimum Gasteiger partial charge on any atom is -0.462 e. The summed E-state index contributed by atoms with van der Waals surface area (Å²) < 4.78 is 6.11. The number of hydrogen-bond donors (Lipinski definition) is 1. The number of halogens is 1. The van der Waals surface area contributed by atoms with E-state index in [4.69, 9.17) is 4.74 Å². The average molecular weight is 301 g/mol. The van der Waals surface area contributed by atoms with Gasteiger partial charge >= 0.3 is 5.97 Å². The molecule has 16 heavy (non-hydrogen) atoms. The van der Waals surface area contributed by atoms with Gasteiger partial charge in [-0.3, -0.25) is 0 Å². The van der Waals surface area contributed by atoms with Gasteiger partial charge in [0.25, 0.3) is 0 Å². The second-order valence-corrected chi connectivity index (χ2v) is 5.43. The van der Waals surface area contributed by atoms with Crippen LogP contribution in [0.4, 0.5) is 0 Å². The summed E-state index contributed by atoms with van der Waals surface area (Å²) in [7, 11) is 0. The zero-order valence-electron chi connectivity index (χ0n) is 8.78. The quantitative estimate of drug-likeness (QED) is 0.678. The first-order valence-electron chi connectivity index (χ1n) is 5.32. The van der Waals surface area contributed by atoms with Crippen molar-refractivity contribution >= 4 is 34.5 Å². The number of hydrogen-bond acceptors (Lipinski definition) is 3. The molecular weight excluding hydrogens is 288 g/mol. The molecule has 1 aliphatic carbocycles. The smallest absolute Gasteiger partial charge is 0.339 e. The lowest BCUT2D eigenvalue weighted by Crippen LogP contribution is -2.07. The number of esters is 1. The van der Waals surface area contributed by atoms with Gasteiger partial charge in [-0.2, -0.15) is 0 Å². The summed E-state index contributed by atoms with van der Waals surface area (Å²) in [4.78, 5) is 12.3. The Balaban J connectivity index is 1.91. The molecule has 0 saturated heterocycles. The molecule has 0 bridgehead atoms. The van der Waals surface area contributed by atoms with Gasteiger partial charge in [0.15, 0.2) is 0 Å². The van der Waals surface area contributed by atoms with Crippen molar-refractivity contribution in [2.45, 2.75) is 24.2 Å². The molecule has 0 heterocycles. The SMILES string of the molecule is O=C(OCCC1CC1)c1ccc(Br)cc1S. The Morgan fingerprint density at radius 2 is 2.25 bits per heavy atom. The maximum absolute atomic E-state index is 11.7. The molecule has 0 spiro atoms. The third kappa shape index (κ3) is 3.25. The topological polar surface area (TPSA) is 26.3 Å². The molecule has 0 aliphatic heterocycles. The van der Waals surface area contributed by atoms with Crippen molar-refractivity contribution in [3.05, 3.63) is 28.2 Å². The standard InChI is InChI=1S/C12H13BrO2S/c13-9-3-4-10(11(16)7-9)12(14)15-6-5-8-1-2-8/h3-4,7-8,16H,1-2,5-6H2. The predicted octanol–water partition coefficient (Wildman–Crippen LogP) is 3.69. The van der Waals surface area contributed by atoms with Crippen LogP contribution in [0.1, 0.15) is 29.6 Å². The van der Waals surface area contributed by atoms with E-state index in [1.807, 2.05) is 6.07 Å². The second-order valence-electron chi connectivity index (χ2n) is 4.03. The molecule has 0 radical (unpaired) electrons. The van der Waals surface area contributed by atoms with Crippen LogP contribution in [0, 0.1) is 5.92 Å². The molecule has 1 aliphatic rings. The molecule has 0 amide bonds. The van der Waals surface area contributed by atoms with E-state index in [-0.39, 0.29) is 5.97 Å². The molecule has 0 unspecified atom stereocenters. The van der Waals surface area contributed by atoms with Crippen molar-refractivity contribution in [1.29, 1.82) is 0 Å². The van der Waals surface area contributed by atoms with Gasteiger partial charge in [0.1, 0.15) is 0 Å². The third-order valence-electron chi connectivity index (χ3n) is 2.64. The molecule has 2 nitrogen and oxygen atoms in total. The molecule has 1 saturated carbocycles. The summed E-state index contributed by atoms with van der Waals surface area (Å²) in [5, 5.41) is 0.